The van der Waals surface area contributed by atoms with E-state index < -0.39 is 11.9 Å². The summed E-state index contributed by atoms with van der Waals surface area (Å²) in [5.74, 6) is -1.35. The molecule has 1 unspecified atom stereocenters. The normalized spacial score (nSPS) is 16.8. The highest BCUT2D eigenvalue weighted by Crippen LogP contribution is 2.35. The minimum atomic E-state index is -0.833. The van der Waals surface area contributed by atoms with E-state index >= 15 is 0 Å². The van der Waals surface area contributed by atoms with Crippen LogP contribution in [-0.2, 0) is 23.1 Å². The third-order valence-electron chi connectivity index (χ3n) is 4.57. The number of anilines is 1. The molecule has 0 bridgehead atoms. The maximum absolute atomic E-state index is 12.7. The maximum Gasteiger partial charge on any atom is 0.311 e. The van der Waals surface area contributed by atoms with Gasteiger partial charge in [0, 0.05) is 31.9 Å². The monoisotopic (exact) mass is 327 g/mol. The lowest BCUT2D eigenvalue weighted by atomic mass is 9.89. The molecule has 1 aliphatic heterocycles. The van der Waals surface area contributed by atoms with Gasteiger partial charge < -0.3 is 10.0 Å². The molecule has 0 aliphatic carbocycles. The van der Waals surface area contributed by atoms with Gasteiger partial charge in [0.05, 0.1) is 11.6 Å². The van der Waals surface area contributed by atoms with Crippen LogP contribution < -0.4 is 4.90 Å². The Morgan fingerprint density at radius 3 is 2.75 bits per heavy atom. The SMILES string of the molecule is Cc1nn(C)cc1CCC(=O)N1CCC(C(=O)O)c2ccccc21. The quantitative estimate of drug-likeness (QED) is 0.934. The van der Waals surface area contributed by atoms with E-state index in [2.05, 4.69) is 5.10 Å². The Balaban J connectivity index is 1.77. The summed E-state index contributed by atoms with van der Waals surface area (Å²) >= 11 is 0. The first kappa shape index (κ1) is 16.2. The average Bonchev–Trinajstić information content (AvgIpc) is 2.89. The van der Waals surface area contributed by atoms with Crippen molar-refractivity contribution < 1.29 is 14.7 Å². The van der Waals surface area contributed by atoms with Crippen molar-refractivity contribution in [3.05, 3.63) is 47.3 Å². The topological polar surface area (TPSA) is 75.4 Å². The van der Waals surface area contributed by atoms with Crippen molar-refractivity contribution in [2.24, 2.45) is 7.05 Å². The van der Waals surface area contributed by atoms with Crippen molar-refractivity contribution >= 4 is 17.6 Å². The molecule has 6 heteroatoms. The van der Waals surface area contributed by atoms with Crippen LogP contribution in [0.1, 0.15) is 35.6 Å². The molecule has 0 saturated heterocycles. The first-order chi connectivity index (χ1) is 11.5. The highest BCUT2D eigenvalue weighted by atomic mass is 16.4. The Morgan fingerprint density at radius 1 is 1.33 bits per heavy atom. The number of aliphatic carboxylic acids is 1. The largest absolute Gasteiger partial charge is 0.481 e. The minimum Gasteiger partial charge on any atom is -0.481 e. The van der Waals surface area contributed by atoms with Crippen molar-refractivity contribution in [1.29, 1.82) is 0 Å². The summed E-state index contributed by atoms with van der Waals surface area (Å²) in [6, 6.07) is 7.30. The lowest BCUT2D eigenvalue weighted by molar-refractivity contribution is -0.139. The first-order valence-electron chi connectivity index (χ1n) is 8.08. The van der Waals surface area contributed by atoms with E-state index in [1.54, 1.807) is 15.6 Å². The number of nitrogens with zero attached hydrogens (tertiary/aromatic N) is 3. The van der Waals surface area contributed by atoms with Crippen LogP contribution in [-0.4, -0.2) is 33.3 Å². The first-order valence-corrected chi connectivity index (χ1v) is 8.08. The molecule has 0 saturated carbocycles. The second-order valence-electron chi connectivity index (χ2n) is 6.20. The molecule has 2 aromatic rings. The van der Waals surface area contributed by atoms with E-state index in [0.717, 1.165) is 22.5 Å². The Labute approximate surface area is 140 Å². The van der Waals surface area contributed by atoms with Crippen LogP contribution in [0.3, 0.4) is 0 Å². The number of aryl methyl sites for hydroxylation is 3. The van der Waals surface area contributed by atoms with Gasteiger partial charge >= 0.3 is 5.97 Å². The molecule has 6 nitrogen and oxygen atoms in total. The lowest BCUT2D eigenvalue weighted by Gasteiger charge is -2.32. The number of carboxylic acids is 1. The van der Waals surface area contributed by atoms with Crippen molar-refractivity contribution in [3.8, 4) is 0 Å². The molecule has 1 atom stereocenters. The smallest absolute Gasteiger partial charge is 0.311 e. The molecular formula is C18H21N3O3. The molecule has 1 aliphatic rings. The van der Waals surface area contributed by atoms with Gasteiger partial charge in [-0.2, -0.15) is 5.10 Å². The van der Waals surface area contributed by atoms with E-state index in [0.29, 0.717) is 25.8 Å². The Hall–Kier alpha value is -2.63. The summed E-state index contributed by atoms with van der Waals surface area (Å²) in [5.41, 5.74) is 3.46. The van der Waals surface area contributed by atoms with Gasteiger partial charge in [0.2, 0.25) is 5.91 Å². The highest BCUT2D eigenvalue weighted by molar-refractivity contribution is 5.96. The molecule has 0 fully saturated rings. The zero-order valence-electron chi connectivity index (χ0n) is 13.9. The molecule has 0 radical (unpaired) electrons. The van der Waals surface area contributed by atoms with Crippen molar-refractivity contribution in [3.63, 3.8) is 0 Å². The summed E-state index contributed by atoms with van der Waals surface area (Å²) in [6.07, 6.45) is 3.41. The summed E-state index contributed by atoms with van der Waals surface area (Å²) in [5, 5.41) is 13.7. The fourth-order valence-electron chi connectivity index (χ4n) is 3.35. The highest BCUT2D eigenvalue weighted by Gasteiger charge is 2.32. The van der Waals surface area contributed by atoms with Crippen LogP contribution >= 0.6 is 0 Å². The molecule has 1 amide bonds. The second-order valence-corrected chi connectivity index (χ2v) is 6.20. The van der Waals surface area contributed by atoms with Gasteiger partial charge in [-0.15, -0.1) is 0 Å². The predicted molar refractivity (Wildman–Crippen MR) is 90.1 cm³/mol. The number of aromatic nitrogens is 2. The summed E-state index contributed by atoms with van der Waals surface area (Å²) in [6.45, 7) is 2.38. The van der Waals surface area contributed by atoms with Crippen LogP contribution in [0.4, 0.5) is 5.69 Å². The van der Waals surface area contributed by atoms with Gasteiger partial charge in [-0.25, -0.2) is 0 Å². The third-order valence-corrected chi connectivity index (χ3v) is 4.57. The lowest BCUT2D eigenvalue weighted by Crippen LogP contribution is -2.38. The van der Waals surface area contributed by atoms with Gasteiger partial charge in [-0.3, -0.25) is 14.3 Å². The van der Waals surface area contributed by atoms with E-state index in [1.807, 2.05) is 38.4 Å². The Bertz CT molecular complexity index is 782. The van der Waals surface area contributed by atoms with Crippen molar-refractivity contribution in [2.45, 2.75) is 32.1 Å². The predicted octanol–water partition coefficient (Wildman–Crippen LogP) is 2.27. The molecule has 126 valence electrons. The van der Waals surface area contributed by atoms with Crippen molar-refractivity contribution in [1.82, 2.24) is 9.78 Å². The van der Waals surface area contributed by atoms with Gasteiger partial charge in [0.15, 0.2) is 0 Å². The number of para-hydroxylation sites is 1. The number of carboxylic acid groups (broad SMARTS) is 1. The molecule has 1 aromatic heterocycles. The van der Waals surface area contributed by atoms with Crippen LogP contribution in [0.5, 0.6) is 0 Å². The molecule has 1 N–H and O–H groups in total. The van der Waals surface area contributed by atoms with Gasteiger partial charge in [-0.05, 0) is 37.0 Å². The maximum atomic E-state index is 12.7. The van der Waals surface area contributed by atoms with E-state index in [1.165, 1.54) is 0 Å². The number of hydrogen-bond donors (Lipinski definition) is 1. The van der Waals surface area contributed by atoms with E-state index in [-0.39, 0.29) is 5.91 Å². The number of carbonyl (C=O) groups excluding carboxylic acids is 1. The minimum absolute atomic E-state index is 0.0227. The number of fused-ring (bicyclic) bond motifs is 1. The zero-order chi connectivity index (χ0) is 17.3. The number of carbonyl (C=O) groups is 2. The van der Waals surface area contributed by atoms with Crippen LogP contribution in [0.25, 0.3) is 0 Å². The Kier molecular flexibility index (Phi) is 4.38. The summed E-state index contributed by atoms with van der Waals surface area (Å²) < 4.78 is 1.75. The second kappa shape index (κ2) is 6.47. The van der Waals surface area contributed by atoms with Gasteiger partial charge in [0.25, 0.3) is 0 Å². The zero-order valence-corrected chi connectivity index (χ0v) is 13.9. The molecular weight excluding hydrogens is 306 g/mol. The number of hydrogen-bond acceptors (Lipinski definition) is 3. The standard InChI is InChI=1S/C18H21N3O3/c1-12-13(11-20(2)19-12)7-8-17(22)21-10-9-15(18(23)24)14-5-3-4-6-16(14)21/h3-6,11,15H,7-10H2,1-2H3,(H,23,24). The fraction of sp³-hybridized carbons (Fsp3) is 0.389. The van der Waals surface area contributed by atoms with Crippen molar-refractivity contribution in [2.75, 3.05) is 11.4 Å². The van der Waals surface area contributed by atoms with Gasteiger partial charge in [0.1, 0.15) is 0 Å². The number of amides is 1. The fourth-order valence-corrected chi connectivity index (χ4v) is 3.35. The molecule has 0 spiro atoms. The summed E-state index contributed by atoms with van der Waals surface area (Å²) in [4.78, 5) is 25.8. The average molecular weight is 327 g/mol. The Morgan fingerprint density at radius 2 is 2.08 bits per heavy atom. The molecule has 24 heavy (non-hydrogen) atoms. The number of rotatable bonds is 4. The molecule has 2 heterocycles. The van der Waals surface area contributed by atoms with Crippen LogP contribution in [0, 0.1) is 6.92 Å². The van der Waals surface area contributed by atoms with Crippen LogP contribution in [0.15, 0.2) is 30.5 Å². The van der Waals surface area contributed by atoms with E-state index in [9.17, 15) is 14.7 Å². The molecule has 3 rings (SSSR count). The molecule has 1 aromatic carbocycles. The third kappa shape index (κ3) is 3.04. The van der Waals surface area contributed by atoms with Crippen LogP contribution in [0.2, 0.25) is 0 Å². The number of benzene rings is 1. The van der Waals surface area contributed by atoms with E-state index in [4.69, 9.17) is 0 Å². The summed E-state index contributed by atoms with van der Waals surface area (Å²) in [7, 11) is 1.87. The van der Waals surface area contributed by atoms with Gasteiger partial charge in [-0.1, -0.05) is 18.2 Å².